The van der Waals surface area contributed by atoms with Gasteiger partial charge in [-0.2, -0.15) is 10.1 Å². The van der Waals surface area contributed by atoms with Gasteiger partial charge >= 0.3 is 0 Å². The summed E-state index contributed by atoms with van der Waals surface area (Å²) in [5, 5.41) is 8.20. The molecule has 1 atom stereocenters. The highest BCUT2D eigenvalue weighted by molar-refractivity contribution is 5.90. The molecule has 1 fully saturated rings. The average molecular weight is 439 g/mol. The second kappa shape index (κ2) is 9.47. The van der Waals surface area contributed by atoms with Gasteiger partial charge in [0.1, 0.15) is 16.9 Å². The molecular formula is C22H30N8O2. The average Bonchev–Trinajstić information content (AvgIpc) is 3.40. The zero-order valence-corrected chi connectivity index (χ0v) is 18.8. The van der Waals surface area contributed by atoms with Crippen molar-refractivity contribution in [2.24, 2.45) is 11.7 Å². The number of hydrogen-bond acceptors (Lipinski definition) is 8. The van der Waals surface area contributed by atoms with E-state index >= 15 is 0 Å². The van der Waals surface area contributed by atoms with E-state index in [9.17, 15) is 4.79 Å². The minimum Gasteiger partial charge on any atom is -0.380 e. The molecule has 0 bridgehead atoms. The molecule has 0 aromatic carbocycles. The largest absolute Gasteiger partial charge is 0.380 e. The topological polar surface area (TPSA) is 124 Å². The zero-order valence-electron chi connectivity index (χ0n) is 18.8. The third-order valence-electron chi connectivity index (χ3n) is 5.58. The molecule has 0 aliphatic carbocycles. The van der Waals surface area contributed by atoms with Gasteiger partial charge in [0, 0.05) is 25.9 Å². The van der Waals surface area contributed by atoms with E-state index in [-0.39, 0.29) is 17.7 Å². The van der Waals surface area contributed by atoms with Crippen molar-refractivity contribution in [3.05, 3.63) is 30.1 Å². The fraction of sp³-hybridized carbons (Fsp3) is 0.500. The molecule has 0 unspecified atom stereocenters. The number of fused-ring (bicyclic) bond motifs is 1. The van der Waals surface area contributed by atoms with Gasteiger partial charge in [0.2, 0.25) is 11.9 Å². The minimum atomic E-state index is -0.285. The number of carbonyl (C=O) groups is 1. The molecule has 0 saturated carbocycles. The molecule has 10 nitrogen and oxygen atoms in total. The zero-order chi connectivity index (χ0) is 22.7. The molecule has 4 rings (SSSR count). The van der Waals surface area contributed by atoms with Crippen LogP contribution in [0.25, 0.3) is 11.0 Å². The predicted molar refractivity (Wildman–Crippen MR) is 123 cm³/mol. The van der Waals surface area contributed by atoms with E-state index < -0.39 is 0 Å². The molecule has 32 heavy (non-hydrogen) atoms. The first kappa shape index (κ1) is 21.9. The number of ether oxygens (including phenoxy) is 1. The molecular weight excluding hydrogens is 408 g/mol. The van der Waals surface area contributed by atoms with E-state index in [0.717, 1.165) is 16.7 Å². The van der Waals surface area contributed by atoms with E-state index in [4.69, 9.17) is 25.5 Å². The Hall–Kier alpha value is -3.27. The maximum atomic E-state index is 11.7. The van der Waals surface area contributed by atoms with Crippen molar-refractivity contribution in [2.45, 2.75) is 39.7 Å². The van der Waals surface area contributed by atoms with E-state index in [1.807, 2.05) is 34.7 Å². The van der Waals surface area contributed by atoms with Crippen LogP contribution < -0.4 is 16.0 Å². The number of amides is 1. The van der Waals surface area contributed by atoms with E-state index in [1.54, 1.807) is 6.20 Å². The molecule has 1 aliphatic heterocycles. The summed E-state index contributed by atoms with van der Waals surface area (Å²) in [6, 6.07) is 5.67. The minimum absolute atomic E-state index is 0.174. The summed E-state index contributed by atoms with van der Waals surface area (Å²) < 4.78 is 7.48. The number of primary amides is 1. The summed E-state index contributed by atoms with van der Waals surface area (Å²) >= 11 is 0. The van der Waals surface area contributed by atoms with Crippen LogP contribution in [-0.4, -0.2) is 56.9 Å². The van der Waals surface area contributed by atoms with Gasteiger partial charge in [0.25, 0.3) is 0 Å². The molecule has 4 heterocycles. The highest BCUT2D eigenvalue weighted by atomic mass is 16.5. The Kier molecular flexibility index (Phi) is 6.50. The number of pyridine rings is 1. The van der Waals surface area contributed by atoms with Crippen LogP contribution in [0, 0.1) is 5.92 Å². The summed E-state index contributed by atoms with van der Waals surface area (Å²) in [5.41, 5.74) is 8.04. The second-order valence-electron chi connectivity index (χ2n) is 8.20. The number of nitrogens with zero attached hydrogens (tertiary/aromatic N) is 6. The van der Waals surface area contributed by atoms with Gasteiger partial charge in [0.05, 0.1) is 24.8 Å². The van der Waals surface area contributed by atoms with Crippen LogP contribution in [0.1, 0.15) is 38.8 Å². The number of aromatic nitrogens is 5. The molecule has 1 saturated heterocycles. The molecule has 1 amide bonds. The normalized spacial score (nSPS) is 16.2. The molecule has 3 aromatic heterocycles. The smallest absolute Gasteiger partial charge is 0.228 e. The van der Waals surface area contributed by atoms with Crippen molar-refractivity contribution in [1.82, 2.24) is 24.7 Å². The summed E-state index contributed by atoms with van der Waals surface area (Å²) in [6.45, 7) is 9.14. The first-order valence-electron chi connectivity index (χ1n) is 11.1. The molecule has 1 aliphatic rings. The van der Waals surface area contributed by atoms with Crippen molar-refractivity contribution in [2.75, 3.05) is 36.5 Å². The number of hydrogen-bond donors (Lipinski definition) is 2. The number of anilines is 3. The van der Waals surface area contributed by atoms with Crippen molar-refractivity contribution >= 4 is 34.5 Å². The molecule has 10 heteroatoms. The highest BCUT2D eigenvalue weighted by Gasteiger charge is 2.30. The lowest BCUT2D eigenvalue weighted by molar-refractivity contribution is -0.121. The summed E-state index contributed by atoms with van der Waals surface area (Å²) in [4.78, 5) is 27.8. The lowest BCUT2D eigenvalue weighted by Crippen LogP contribution is -2.28. The standard InChI is InChI=1S/C22H30N8O2/c1-4-32-12-11-30-19-18(17(28-30)14(2)3)26-22(29-10-8-15(13-29)20(23)31)27-21(19)25-16-7-5-6-9-24-16/h5-7,9,14-15H,4,8,10-13H2,1-3H3,(H2,23,31)(H,24,25,26,27)/t15-/m1/s1. The molecule has 0 spiro atoms. The SMILES string of the molecule is CCOCCn1nc(C(C)C)c2nc(N3CC[C@@H](C(N)=O)C3)nc(Nc3ccccn3)c21. The number of nitrogens with two attached hydrogens (primary N) is 1. The van der Waals surface area contributed by atoms with Crippen LogP contribution in [-0.2, 0) is 16.1 Å². The van der Waals surface area contributed by atoms with Crippen LogP contribution in [0.3, 0.4) is 0 Å². The highest BCUT2D eigenvalue weighted by Crippen LogP contribution is 2.32. The van der Waals surface area contributed by atoms with Crippen LogP contribution in [0.5, 0.6) is 0 Å². The van der Waals surface area contributed by atoms with Gasteiger partial charge in [-0.3, -0.25) is 9.48 Å². The Morgan fingerprint density at radius 2 is 2.19 bits per heavy atom. The van der Waals surface area contributed by atoms with Crippen molar-refractivity contribution in [1.29, 1.82) is 0 Å². The Morgan fingerprint density at radius 1 is 1.34 bits per heavy atom. The van der Waals surface area contributed by atoms with Crippen LogP contribution in [0.4, 0.5) is 17.6 Å². The van der Waals surface area contributed by atoms with Crippen LogP contribution in [0.15, 0.2) is 24.4 Å². The number of rotatable bonds is 9. The fourth-order valence-electron chi connectivity index (χ4n) is 3.90. The van der Waals surface area contributed by atoms with Gasteiger partial charge in [-0.15, -0.1) is 0 Å². The van der Waals surface area contributed by atoms with Crippen molar-refractivity contribution in [3.8, 4) is 0 Å². The molecule has 3 N–H and O–H groups in total. The van der Waals surface area contributed by atoms with E-state index in [2.05, 4.69) is 24.1 Å². The molecule has 0 radical (unpaired) electrons. The Morgan fingerprint density at radius 3 is 2.84 bits per heavy atom. The Bertz CT molecular complexity index is 1080. The predicted octanol–water partition coefficient (Wildman–Crippen LogP) is 2.44. The van der Waals surface area contributed by atoms with Crippen LogP contribution >= 0.6 is 0 Å². The third-order valence-corrected chi connectivity index (χ3v) is 5.58. The lowest BCUT2D eigenvalue weighted by Gasteiger charge is -2.18. The van der Waals surface area contributed by atoms with Gasteiger partial charge in [-0.25, -0.2) is 9.97 Å². The molecule has 3 aromatic rings. The molecule has 170 valence electrons. The number of nitrogens with one attached hydrogen (secondary N) is 1. The summed E-state index contributed by atoms with van der Waals surface area (Å²) in [7, 11) is 0. The first-order chi connectivity index (χ1) is 15.5. The monoisotopic (exact) mass is 438 g/mol. The van der Waals surface area contributed by atoms with Gasteiger partial charge in [-0.1, -0.05) is 19.9 Å². The fourth-order valence-corrected chi connectivity index (χ4v) is 3.90. The van der Waals surface area contributed by atoms with Gasteiger partial charge in [-0.05, 0) is 31.4 Å². The van der Waals surface area contributed by atoms with Crippen LogP contribution in [0.2, 0.25) is 0 Å². The lowest BCUT2D eigenvalue weighted by atomic mass is 10.1. The quantitative estimate of drug-likeness (QED) is 0.488. The maximum absolute atomic E-state index is 11.7. The van der Waals surface area contributed by atoms with Gasteiger partial charge in [0.15, 0.2) is 5.82 Å². The first-order valence-corrected chi connectivity index (χ1v) is 11.1. The Balaban J connectivity index is 1.82. The van der Waals surface area contributed by atoms with Crippen molar-refractivity contribution in [3.63, 3.8) is 0 Å². The third kappa shape index (κ3) is 4.50. The summed E-state index contributed by atoms with van der Waals surface area (Å²) in [6.07, 6.45) is 2.43. The Labute approximate surface area is 187 Å². The van der Waals surface area contributed by atoms with Crippen molar-refractivity contribution < 1.29 is 9.53 Å². The second-order valence-corrected chi connectivity index (χ2v) is 8.20. The van der Waals surface area contributed by atoms with E-state index in [1.165, 1.54) is 0 Å². The van der Waals surface area contributed by atoms with E-state index in [0.29, 0.717) is 56.9 Å². The maximum Gasteiger partial charge on any atom is 0.228 e. The van der Waals surface area contributed by atoms with Gasteiger partial charge < -0.3 is 20.7 Å². The summed E-state index contributed by atoms with van der Waals surface area (Å²) in [5.74, 6) is 1.56. The number of carbonyl (C=O) groups excluding carboxylic acids is 1.